The lowest BCUT2D eigenvalue weighted by atomic mass is 10.1. The van der Waals surface area contributed by atoms with E-state index in [1.165, 1.54) is 20.3 Å². The maximum absolute atomic E-state index is 12.6. The third-order valence-electron chi connectivity index (χ3n) is 3.85. The van der Waals surface area contributed by atoms with Crippen LogP contribution in [0.5, 0.6) is 0 Å². The van der Waals surface area contributed by atoms with Crippen LogP contribution in [0.1, 0.15) is 15.9 Å². The summed E-state index contributed by atoms with van der Waals surface area (Å²) in [6, 6.07) is 15.1. The Morgan fingerprint density at radius 3 is 2.34 bits per heavy atom. The van der Waals surface area contributed by atoms with Gasteiger partial charge in [-0.2, -0.15) is 0 Å². The Hall–Kier alpha value is -3.65. The van der Waals surface area contributed by atoms with Crippen LogP contribution in [0.4, 0.5) is 5.69 Å². The molecular formula is C20H21N5O4. The Kier molecular flexibility index (Phi) is 8.40. The highest BCUT2D eigenvalue weighted by Gasteiger charge is 2.16. The number of ether oxygens (including phenoxy) is 2. The highest BCUT2D eigenvalue weighted by molar-refractivity contribution is 6.05. The van der Waals surface area contributed by atoms with Gasteiger partial charge >= 0.3 is 0 Å². The molecule has 0 aliphatic heterocycles. The number of azide groups is 1. The van der Waals surface area contributed by atoms with Crippen LogP contribution >= 0.6 is 0 Å². The molecule has 2 aromatic carbocycles. The average molecular weight is 395 g/mol. The Morgan fingerprint density at radius 1 is 1.10 bits per heavy atom. The topological polar surface area (TPSA) is 125 Å². The molecule has 9 heteroatoms. The number of amides is 2. The Labute approximate surface area is 168 Å². The number of nitrogens with one attached hydrogen (secondary N) is 2. The second-order valence-electron chi connectivity index (χ2n) is 5.77. The minimum Gasteiger partial charge on any atom is -0.354 e. The van der Waals surface area contributed by atoms with E-state index in [1.807, 2.05) is 0 Å². The molecule has 0 fully saturated rings. The van der Waals surface area contributed by atoms with Crippen molar-refractivity contribution in [2.24, 2.45) is 5.11 Å². The van der Waals surface area contributed by atoms with E-state index < -0.39 is 18.1 Å². The smallest absolute Gasteiger partial charge is 0.267 e. The fourth-order valence-electron chi connectivity index (χ4n) is 2.33. The van der Waals surface area contributed by atoms with Crippen LogP contribution in [0.3, 0.4) is 0 Å². The lowest BCUT2D eigenvalue weighted by molar-refractivity contribution is -0.124. The van der Waals surface area contributed by atoms with E-state index in [0.717, 1.165) is 0 Å². The molecule has 0 radical (unpaired) electrons. The molecule has 2 aromatic rings. The summed E-state index contributed by atoms with van der Waals surface area (Å²) in [4.78, 5) is 27.9. The largest absolute Gasteiger partial charge is 0.354 e. The summed E-state index contributed by atoms with van der Waals surface area (Å²) in [7, 11) is 2.92. The number of carbonyl (C=O) groups is 2. The minimum absolute atomic E-state index is 0.0429. The highest BCUT2D eigenvalue weighted by Crippen LogP contribution is 2.15. The molecule has 29 heavy (non-hydrogen) atoms. The zero-order chi connectivity index (χ0) is 21.1. The zero-order valence-corrected chi connectivity index (χ0v) is 16.0. The first-order valence-corrected chi connectivity index (χ1v) is 8.64. The van der Waals surface area contributed by atoms with Crippen molar-refractivity contribution in [3.63, 3.8) is 0 Å². The number of hydrogen-bond acceptors (Lipinski definition) is 5. The van der Waals surface area contributed by atoms with Gasteiger partial charge in [-0.3, -0.25) is 9.59 Å². The number of nitrogens with zero attached hydrogens (tertiary/aromatic N) is 3. The van der Waals surface area contributed by atoms with Crippen LogP contribution < -0.4 is 10.6 Å². The van der Waals surface area contributed by atoms with E-state index in [0.29, 0.717) is 16.8 Å². The number of methoxy groups -OCH3 is 2. The first-order chi connectivity index (χ1) is 14.1. The van der Waals surface area contributed by atoms with Gasteiger partial charge in [-0.25, -0.2) is 0 Å². The van der Waals surface area contributed by atoms with Gasteiger partial charge in [-0.05, 0) is 29.3 Å². The SMILES string of the molecule is COC(CNC(=O)C(=Cc1ccc(N=[N+]=[N-])cc1)NC(=O)c1ccccc1)OC. The molecule has 2 rings (SSSR count). The molecular weight excluding hydrogens is 374 g/mol. The van der Waals surface area contributed by atoms with Gasteiger partial charge in [-0.15, -0.1) is 0 Å². The molecule has 0 aliphatic rings. The molecule has 0 saturated carbocycles. The molecule has 9 nitrogen and oxygen atoms in total. The summed E-state index contributed by atoms with van der Waals surface area (Å²) in [5.41, 5.74) is 10.0. The van der Waals surface area contributed by atoms with E-state index >= 15 is 0 Å². The molecule has 2 N–H and O–H groups in total. The third-order valence-corrected chi connectivity index (χ3v) is 3.85. The summed E-state index contributed by atoms with van der Waals surface area (Å²) in [6.07, 6.45) is 0.901. The van der Waals surface area contributed by atoms with Gasteiger partial charge in [0.05, 0.1) is 6.54 Å². The van der Waals surface area contributed by atoms with Gasteiger partial charge in [0.15, 0.2) is 6.29 Å². The molecule has 0 atom stereocenters. The quantitative estimate of drug-likeness (QED) is 0.222. The van der Waals surface area contributed by atoms with Gasteiger partial charge in [0.2, 0.25) is 0 Å². The van der Waals surface area contributed by atoms with Crippen molar-refractivity contribution < 1.29 is 19.1 Å². The van der Waals surface area contributed by atoms with Crippen molar-refractivity contribution in [2.75, 3.05) is 20.8 Å². The van der Waals surface area contributed by atoms with E-state index in [4.69, 9.17) is 15.0 Å². The lowest BCUT2D eigenvalue weighted by Crippen LogP contribution is -2.39. The number of hydrogen-bond donors (Lipinski definition) is 2. The summed E-state index contributed by atoms with van der Waals surface area (Å²) in [5.74, 6) is -0.930. The zero-order valence-electron chi connectivity index (χ0n) is 16.0. The van der Waals surface area contributed by atoms with Crippen LogP contribution in [-0.4, -0.2) is 38.9 Å². The first-order valence-electron chi connectivity index (χ1n) is 8.64. The van der Waals surface area contributed by atoms with Crippen LogP contribution in [0.2, 0.25) is 0 Å². The summed E-state index contributed by atoms with van der Waals surface area (Å²) in [6.45, 7) is 0.0974. The molecule has 0 unspecified atom stereocenters. The van der Waals surface area contributed by atoms with Crippen LogP contribution in [0, 0.1) is 0 Å². The number of carbonyl (C=O) groups excluding carboxylic acids is 2. The van der Waals surface area contributed by atoms with Crippen LogP contribution in [-0.2, 0) is 14.3 Å². The number of benzene rings is 2. The fraction of sp³-hybridized carbons (Fsp3) is 0.200. The maximum Gasteiger partial charge on any atom is 0.267 e. The van der Waals surface area contributed by atoms with Crippen LogP contribution in [0.15, 0.2) is 65.4 Å². The van der Waals surface area contributed by atoms with Crippen molar-refractivity contribution in [3.8, 4) is 0 Å². The van der Waals surface area contributed by atoms with E-state index in [9.17, 15) is 9.59 Å². The molecule has 0 aliphatic carbocycles. The second-order valence-corrected chi connectivity index (χ2v) is 5.77. The molecule has 0 spiro atoms. The lowest BCUT2D eigenvalue weighted by Gasteiger charge is -2.16. The molecule has 150 valence electrons. The summed E-state index contributed by atoms with van der Waals surface area (Å²) >= 11 is 0. The third kappa shape index (κ3) is 6.78. The van der Waals surface area contributed by atoms with Gasteiger partial charge in [0, 0.05) is 30.4 Å². The Bertz CT molecular complexity index is 902. The Balaban J connectivity index is 2.24. The molecule has 2 amide bonds. The normalized spacial score (nSPS) is 10.9. The van der Waals surface area contributed by atoms with Gasteiger partial charge < -0.3 is 20.1 Å². The van der Waals surface area contributed by atoms with Gasteiger partial charge in [0.1, 0.15) is 5.70 Å². The summed E-state index contributed by atoms with van der Waals surface area (Å²) < 4.78 is 10.1. The number of rotatable bonds is 9. The minimum atomic E-state index is -0.617. The predicted molar refractivity (Wildman–Crippen MR) is 108 cm³/mol. The van der Waals surface area contributed by atoms with Crippen molar-refractivity contribution in [2.45, 2.75) is 6.29 Å². The molecule has 0 saturated heterocycles. The molecule has 0 bridgehead atoms. The van der Waals surface area contributed by atoms with Gasteiger partial charge in [-0.1, -0.05) is 47.6 Å². The summed E-state index contributed by atoms with van der Waals surface area (Å²) in [5, 5.41) is 8.78. The van der Waals surface area contributed by atoms with Crippen molar-refractivity contribution in [3.05, 3.63) is 81.9 Å². The molecule has 0 aromatic heterocycles. The maximum atomic E-state index is 12.6. The highest BCUT2D eigenvalue weighted by atomic mass is 16.7. The predicted octanol–water partition coefficient (Wildman–Crippen LogP) is 3.13. The van der Waals surface area contributed by atoms with E-state index in [2.05, 4.69) is 20.7 Å². The van der Waals surface area contributed by atoms with Crippen molar-refractivity contribution in [1.82, 2.24) is 10.6 Å². The fourth-order valence-corrected chi connectivity index (χ4v) is 2.33. The average Bonchev–Trinajstić information content (AvgIpc) is 2.76. The first kappa shape index (κ1) is 21.6. The van der Waals surface area contributed by atoms with Crippen LogP contribution in [0.25, 0.3) is 16.5 Å². The van der Waals surface area contributed by atoms with Gasteiger partial charge in [0.25, 0.3) is 11.8 Å². The van der Waals surface area contributed by atoms with E-state index in [-0.39, 0.29) is 12.2 Å². The van der Waals surface area contributed by atoms with E-state index in [1.54, 1.807) is 54.6 Å². The standard InChI is InChI=1S/C20H21N5O4/c1-28-18(29-2)13-22-20(27)17(23-19(26)15-6-4-3-5-7-15)12-14-8-10-16(11-9-14)24-25-21/h3-12,18H,13H2,1-2H3,(H,22,27)(H,23,26). The Morgan fingerprint density at radius 2 is 1.76 bits per heavy atom. The van der Waals surface area contributed by atoms with Crippen molar-refractivity contribution in [1.29, 1.82) is 0 Å². The second kappa shape index (κ2) is 11.3. The monoisotopic (exact) mass is 395 g/mol. The molecule has 0 heterocycles. The van der Waals surface area contributed by atoms with Crippen molar-refractivity contribution >= 4 is 23.6 Å².